The minimum Gasteiger partial charge on any atom is -0.491 e. The second kappa shape index (κ2) is 8.15. The molecule has 102 valence electrons. The molecule has 0 aromatic heterocycles. The molecule has 0 radical (unpaired) electrons. The Hall–Kier alpha value is -1.02. The monoisotopic (exact) mass is 250 g/mol. The van der Waals surface area contributed by atoms with Crippen molar-refractivity contribution in [2.24, 2.45) is 11.8 Å². The summed E-state index contributed by atoms with van der Waals surface area (Å²) in [4.78, 5) is 0. The zero-order valence-corrected chi connectivity index (χ0v) is 11.9. The summed E-state index contributed by atoms with van der Waals surface area (Å²) in [5.41, 5.74) is 1.36. The van der Waals surface area contributed by atoms with E-state index in [2.05, 4.69) is 32.9 Å². The van der Waals surface area contributed by atoms with E-state index in [0.29, 0.717) is 6.61 Å². The van der Waals surface area contributed by atoms with E-state index in [1.807, 2.05) is 12.1 Å². The first kappa shape index (κ1) is 15.0. The number of aliphatic hydroxyl groups excluding tert-OH is 1. The van der Waals surface area contributed by atoms with Gasteiger partial charge in [-0.3, -0.25) is 0 Å². The van der Waals surface area contributed by atoms with Crippen LogP contribution in [-0.2, 0) is 6.42 Å². The molecule has 0 fully saturated rings. The molecule has 0 heterocycles. The molecule has 2 nitrogen and oxygen atoms in total. The molecule has 0 aliphatic rings. The first-order valence-electron chi connectivity index (χ1n) is 6.98. The van der Waals surface area contributed by atoms with Crippen molar-refractivity contribution in [3.05, 3.63) is 29.8 Å². The normalized spacial score (nSPS) is 14.2. The maximum atomic E-state index is 8.68. The van der Waals surface area contributed by atoms with E-state index in [1.165, 1.54) is 18.4 Å². The van der Waals surface area contributed by atoms with Gasteiger partial charge in [0, 0.05) is 0 Å². The minimum atomic E-state index is 0.0632. The van der Waals surface area contributed by atoms with Crippen LogP contribution in [0.5, 0.6) is 5.75 Å². The highest BCUT2D eigenvalue weighted by molar-refractivity contribution is 5.27. The molecule has 0 aliphatic carbocycles. The Labute approximate surface area is 111 Å². The number of aliphatic hydroxyl groups is 1. The van der Waals surface area contributed by atoms with E-state index in [9.17, 15) is 0 Å². The fraction of sp³-hybridized carbons (Fsp3) is 0.625. The third kappa shape index (κ3) is 5.54. The van der Waals surface area contributed by atoms with Gasteiger partial charge < -0.3 is 9.84 Å². The van der Waals surface area contributed by atoms with Crippen molar-refractivity contribution in [3.8, 4) is 5.75 Å². The fourth-order valence-corrected chi connectivity index (χ4v) is 2.22. The fourth-order valence-electron chi connectivity index (χ4n) is 2.22. The van der Waals surface area contributed by atoms with E-state index in [1.54, 1.807) is 0 Å². The summed E-state index contributed by atoms with van der Waals surface area (Å²) in [6.45, 7) is 7.33. The Bertz CT molecular complexity index is 318. The molecule has 0 spiro atoms. The molecule has 0 bridgehead atoms. The molecule has 0 aliphatic heterocycles. The van der Waals surface area contributed by atoms with E-state index in [0.717, 1.165) is 24.0 Å². The first-order valence-corrected chi connectivity index (χ1v) is 6.98. The Morgan fingerprint density at radius 2 is 1.78 bits per heavy atom. The van der Waals surface area contributed by atoms with E-state index < -0.39 is 0 Å². The highest BCUT2D eigenvalue weighted by Crippen LogP contribution is 2.20. The first-order chi connectivity index (χ1) is 8.65. The molecular formula is C16H26O2. The molecule has 0 saturated carbocycles. The largest absolute Gasteiger partial charge is 0.491 e. The van der Waals surface area contributed by atoms with Gasteiger partial charge in [-0.15, -0.1) is 0 Å². The molecule has 1 N–H and O–H groups in total. The molecular weight excluding hydrogens is 224 g/mol. The van der Waals surface area contributed by atoms with Gasteiger partial charge in [0.15, 0.2) is 0 Å². The third-order valence-electron chi connectivity index (χ3n) is 3.37. The van der Waals surface area contributed by atoms with Crippen LogP contribution in [0, 0.1) is 11.8 Å². The quantitative estimate of drug-likeness (QED) is 0.762. The predicted octanol–water partition coefficient (Wildman–Crippen LogP) is 3.67. The van der Waals surface area contributed by atoms with Gasteiger partial charge in [0.2, 0.25) is 0 Å². The molecule has 0 saturated heterocycles. The highest BCUT2D eigenvalue weighted by atomic mass is 16.5. The van der Waals surface area contributed by atoms with Gasteiger partial charge in [0.25, 0.3) is 0 Å². The lowest BCUT2D eigenvalue weighted by Crippen LogP contribution is -2.06. The number of ether oxygens (including phenoxy) is 1. The Morgan fingerprint density at radius 1 is 1.11 bits per heavy atom. The molecule has 1 rings (SSSR count). The molecule has 1 aromatic rings. The molecule has 2 atom stereocenters. The summed E-state index contributed by atoms with van der Waals surface area (Å²) in [5, 5.41) is 8.68. The van der Waals surface area contributed by atoms with Gasteiger partial charge in [-0.25, -0.2) is 0 Å². The summed E-state index contributed by atoms with van der Waals surface area (Å²) in [5.74, 6) is 2.37. The van der Waals surface area contributed by atoms with Gasteiger partial charge in [-0.2, -0.15) is 0 Å². The number of benzene rings is 1. The van der Waals surface area contributed by atoms with Crippen LogP contribution in [0.15, 0.2) is 24.3 Å². The van der Waals surface area contributed by atoms with E-state index >= 15 is 0 Å². The van der Waals surface area contributed by atoms with Crippen molar-refractivity contribution in [3.63, 3.8) is 0 Å². The standard InChI is InChI=1S/C16H26O2/c1-4-13(2)11-14(3)12-15-5-7-16(8-6-15)18-10-9-17/h5-8,13-14,17H,4,9-12H2,1-3H3. The van der Waals surface area contributed by atoms with Crippen molar-refractivity contribution in [1.29, 1.82) is 0 Å². The average molecular weight is 250 g/mol. The minimum absolute atomic E-state index is 0.0632. The summed E-state index contributed by atoms with van der Waals surface area (Å²) in [6, 6.07) is 8.22. The second-order valence-corrected chi connectivity index (χ2v) is 5.27. The van der Waals surface area contributed by atoms with Crippen LogP contribution in [0.1, 0.15) is 39.2 Å². The predicted molar refractivity (Wildman–Crippen MR) is 76.0 cm³/mol. The Kier molecular flexibility index (Phi) is 6.81. The van der Waals surface area contributed by atoms with Crippen molar-refractivity contribution in [1.82, 2.24) is 0 Å². The topological polar surface area (TPSA) is 29.5 Å². The lowest BCUT2D eigenvalue weighted by molar-refractivity contribution is 0.201. The van der Waals surface area contributed by atoms with E-state index in [-0.39, 0.29) is 6.61 Å². The van der Waals surface area contributed by atoms with Crippen LogP contribution >= 0.6 is 0 Å². The highest BCUT2D eigenvalue weighted by Gasteiger charge is 2.08. The van der Waals surface area contributed by atoms with Crippen molar-refractivity contribution < 1.29 is 9.84 Å². The third-order valence-corrected chi connectivity index (χ3v) is 3.37. The van der Waals surface area contributed by atoms with Gasteiger partial charge >= 0.3 is 0 Å². The van der Waals surface area contributed by atoms with Gasteiger partial charge in [0.05, 0.1) is 6.61 Å². The van der Waals surface area contributed by atoms with Crippen LogP contribution in [-0.4, -0.2) is 18.3 Å². The molecule has 2 heteroatoms. The van der Waals surface area contributed by atoms with Crippen LogP contribution in [0.3, 0.4) is 0 Å². The SMILES string of the molecule is CCC(C)CC(C)Cc1ccc(OCCO)cc1. The van der Waals surface area contributed by atoms with Crippen molar-refractivity contribution in [2.75, 3.05) is 13.2 Å². The number of hydrogen-bond donors (Lipinski definition) is 1. The summed E-state index contributed by atoms with van der Waals surface area (Å²) in [6.07, 6.45) is 3.68. The number of rotatable bonds is 8. The van der Waals surface area contributed by atoms with Crippen molar-refractivity contribution in [2.45, 2.75) is 40.0 Å². The Balaban J connectivity index is 2.42. The molecule has 18 heavy (non-hydrogen) atoms. The molecule has 0 amide bonds. The lowest BCUT2D eigenvalue weighted by atomic mass is 9.90. The van der Waals surface area contributed by atoms with Gasteiger partial charge in [0.1, 0.15) is 12.4 Å². The van der Waals surface area contributed by atoms with Crippen LogP contribution in [0.2, 0.25) is 0 Å². The summed E-state index contributed by atoms with van der Waals surface area (Å²) >= 11 is 0. The van der Waals surface area contributed by atoms with Crippen molar-refractivity contribution >= 4 is 0 Å². The van der Waals surface area contributed by atoms with E-state index in [4.69, 9.17) is 9.84 Å². The summed E-state index contributed by atoms with van der Waals surface area (Å²) < 4.78 is 5.35. The molecule has 2 unspecified atom stereocenters. The average Bonchev–Trinajstić information content (AvgIpc) is 2.37. The van der Waals surface area contributed by atoms with Gasteiger partial charge in [-0.05, 0) is 42.4 Å². The molecule has 1 aromatic carbocycles. The zero-order chi connectivity index (χ0) is 13.4. The van der Waals surface area contributed by atoms with Crippen LogP contribution in [0.25, 0.3) is 0 Å². The van der Waals surface area contributed by atoms with Crippen LogP contribution < -0.4 is 4.74 Å². The lowest BCUT2D eigenvalue weighted by Gasteiger charge is -2.16. The Morgan fingerprint density at radius 3 is 2.33 bits per heavy atom. The van der Waals surface area contributed by atoms with Gasteiger partial charge in [-0.1, -0.05) is 39.3 Å². The summed E-state index contributed by atoms with van der Waals surface area (Å²) in [7, 11) is 0. The smallest absolute Gasteiger partial charge is 0.119 e. The second-order valence-electron chi connectivity index (χ2n) is 5.27. The maximum absolute atomic E-state index is 8.68. The number of hydrogen-bond acceptors (Lipinski definition) is 2. The maximum Gasteiger partial charge on any atom is 0.119 e. The zero-order valence-electron chi connectivity index (χ0n) is 11.9. The van der Waals surface area contributed by atoms with Crippen LogP contribution in [0.4, 0.5) is 0 Å².